The molecule has 3 N–H and O–H groups in total. The normalized spacial score (nSPS) is 15.6. The Bertz CT molecular complexity index is 456. The number of halogens is 2. The average Bonchev–Trinajstić information content (AvgIpc) is 2.59. The summed E-state index contributed by atoms with van der Waals surface area (Å²) >= 11 is 0. The Labute approximate surface area is 157 Å². The van der Waals surface area contributed by atoms with Crippen molar-refractivity contribution in [2.45, 2.75) is 25.3 Å². The molecule has 1 fully saturated rings. The van der Waals surface area contributed by atoms with Crippen LogP contribution in [0.2, 0.25) is 0 Å². The Morgan fingerprint density at radius 3 is 2.54 bits per heavy atom. The smallest absolute Gasteiger partial charge is 0.237 e. The molecular formula is C17H29Cl2N3O2. The summed E-state index contributed by atoms with van der Waals surface area (Å²) in [6, 6.07) is 9.83. The van der Waals surface area contributed by atoms with Crippen molar-refractivity contribution in [3.8, 4) is 0 Å². The number of anilines is 1. The first-order chi connectivity index (χ1) is 10.7. The largest absolute Gasteiger partial charge is 0.381 e. The van der Waals surface area contributed by atoms with E-state index in [-0.39, 0.29) is 36.6 Å². The second-order valence-corrected chi connectivity index (χ2v) is 5.88. The third kappa shape index (κ3) is 7.26. The number of nitrogens with two attached hydrogens (primary N) is 1. The summed E-state index contributed by atoms with van der Waals surface area (Å²) in [5, 5.41) is 2.96. The van der Waals surface area contributed by atoms with Gasteiger partial charge in [-0.25, -0.2) is 0 Å². The maximum atomic E-state index is 12.1. The molecule has 0 bridgehead atoms. The highest BCUT2D eigenvalue weighted by atomic mass is 35.5. The Balaban J connectivity index is 0.00000264. The minimum atomic E-state index is -0.407. The van der Waals surface area contributed by atoms with Crippen molar-refractivity contribution in [3.63, 3.8) is 0 Å². The number of carbonyl (C=O) groups is 1. The average molecular weight is 378 g/mol. The summed E-state index contributed by atoms with van der Waals surface area (Å²) in [6.07, 6.45) is 2.66. The summed E-state index contributed by atoms with van der Waals surface area (Å²) < 4.78 is 5.30. The fourth-order valence-electron chi connectivity index (χ4n) is 2.75. The molecule has 1 heterocycles. The van der Waals surface area contributed by atoms with E-state index in [4.69, 9.17) is 10.5 Å². The van der Waals surface area contributed by atoms with Gasteiger partial charge in [0.25, 0.3) is 0 Å². The molecule has 5 nitrogen and oxygen atoms in total. The first kappa shape index (κ1) is 23.0. The van der Waals surface area contributed by atoms with Crippen molar-refractivity contribution >= 4 is 36.4 Å². The van der Waals surface area contributed by atoms with Crippen LogP contribution >= 0.6 is 24.8 Å². The Hall–Kier alpha value is -1.01. The molecule has 0 aliphatic carbocycles. The maximum absolute atomic E-state index is 12.1. The monoisotopic (exact) mass is 377 g/mol. The van der Waals surface area contributed by atoms with Gasteiger partial charge in [-0.2, -0.15) is 0 Å². The van der Waals surface area contributed by atoms with E-state index in [0.717, 1.165) is 25.8 Å². The van der Waals surface area contributed by atoms with Crippen LogP contribution in [0.25, 0.3) is 0 Å². The topological polar surface area (TPSA) is 67.6 Å². The van der Waals surface area contributed by atoms with Crippen LogP contribution in [-0.2, 0) is 9.53 Å². The van der Waals surface area contributed by atoms with Gasteiger partial charge < -0.3 is 20.7 Å². The number of nitrogens with one attached hydrogen (secondary N) is 1. The van der Waals surface area contributed by atoms with Gasteiger partial charge in [0.1, 0.15) is 0 Å². The molecule has 7 heteroatoms. The second-order valence-electron chi connectivity index (χ2n) is 5.88. The minimum absolute atomic E-state index is 0. The van der Waals surface area contributed by atoms with Gasteiger partial charge in [-0.1, -0.05) is 18.2 Å². The summed E-state index contributed by atoms with van der Waals surface area (Å²) in [4.78, 5) is 14.3. The zero-order valence-electron chi connectivity index (χ0n) is 14.1. The summed E-state index contributed by atoms with van der Waals surface area (Å²) in [5.41, 5.74) is 7.23. The zero-order chi connectivity index (χ0) is 15.8. The molecule has 1 saturated heterocycles. The molecule has 0 spiro atoms. The molecule has 1 aliphatic heterocycles. The van der Waals surface area contributed by atoms with Crippen LogP contribution in [0, 0.1) is 5.92 Å². The standard InChI is InChI=1S/C17H27N3O2.2ClH/c1-20(15-6-3-2-4-7-15)11-5-10-19-17(21)16(18)14-8-12-22-13-9-14;;/h2-4,6-7,14,16H,5,8-13,18H2,1H3,(H,19,21);2*1H. The van der Waals surface area contributed by atoms with E-state index < -0.39 is 6.04 Å². The first-order valence-corrected chi connectivity index (χ1v) is 8.05. The number of hydrogen-bond acceptors (Lipinski definition) is 4. The number of para-hydroxylation sites is 1. The lowest BCUT2D eigenvalue weighted by Crippen LogP contribution is -2.47. The van der Waals surface area contributed by atoms with E-state index in [2.05, 4.69) is 29.4 Å². The number of nitrogens with zero attached hydrogens (tertiary/aromatic N) is 1. The van der Waals surface area contributed by atoms with E-state index in [9.17, 15) is 4.79 Å². The number of hydrogen-bond donors (Lipinski definition) is 2. The summed E-state index contributed by atoms with van der Waals surface area (Å²) in [6.45, 7) is 2.99. The second kappa shape index (κ2) is 12.4. The lowest BCUT2D eigenvalue weighted by atomic mass is 9.92. The van der Waals surface area contributed by atoms with Crippen LogP contribution in [-0.4, -0.2) is 45.3 Å². The molecule has 1 unspecified atom stereocenters. The fourth-order valence-corrected chi connectivity index (χ4v) is 2.75. The predicted octanol–water partition coefficient (Wildman–Crippen LogP) is 2.23. The van der Waals surface area contributed by atoms with E-state index in [1.807, 2.05) is 18.2 Å². The van der Waals surface area contributed by atoms with E-state index in [1.54, 1.807) is 0 Å². The molecule has 1 atom stereocenters. The molecule has 1 aromatic rings. The highest BCUT2D eigenvalue weighted by Gasteiger charge is 2.26. The number of ether oxygens (including phenoxy) is 1. The third-order valence-corrected chi connectivity index (χ3v) is 4.24. The SMILES string of the molecule is CN(CCCNC(=O)C(N)C1CCOCC1)c1ccccc1.Cl.Cl. The molecule has 0 saturated carbocycles. The molecule has 138 valence electrons. The van der Waals surface area contributed by atoms with Gasteiger partial charge in [-0.05, 0) is 37.3 Å². The molecule has 1 aromatic carbocycles. The van der Waals surface area contributed by atoms with Crippen molar-refractivity contribution in [1.82, 2.24) is 5.32 Å². The first-order valence-electron chi connectivity index (χ1n) is 8.05. The van der Waals surface area contributed by atoms with Gasteiger partial charge in [0, 0.05) is 39.0 Å². The van der Waals surface area contributed by atoms with Crippen molar-refractivity contribution in [1.29, 1.82) is 0 Å². The van der Waals surface area contributed by atoms with E-state index in [0.29, 0.717) is 19.8 Å². The Morgan fingerprint density at radius 2 is 1.92 bits per heavy atom. The molecule has 1 amide bonds. The fraction of sp³-hybridized carbons (Fsp3) is 0.588. The van der Waals surface area contributed by atoms with E-state index in [1.165, 1.54) is 5.69 Å². The number of benzene rings is 1. The van der Waals surface area contributed by atoms with Crippen molar-refractivity contribution in [2.24, 2.45) is 11.7 Å². The van der Waals surface area contributed by atoms with Crippen LogP contribution in [0.1, 0.15) is 19.3 Å². The lowest BCUT2D eigenvalue weighted by Gasteiger charge is -2.27. The highest BCUT2D eigenvalue weighted by Crippen LogP contribution is 2.17. The van der Waals surface area contributed by atoms with Crippen LogP contribution in [0.4, 0.5) is 5.69 Å². The van der Waals surface area contributed by atoms with Gasteiger partial charge in [0.2, 0.25) is 5.91 Å². The Kier molecular flexibility index (Phi) is 11.8. The van der Waals surface area contributed by atoms with Gasteiger partial charge in [-0.15, -0.1) is 24.8 Å². The number of rotatable bonds is 7. The maximum Gasteiger partial charge on any atom is 0.237 e. The van der Waals surface area contributed by atoms with Gasteiger partial charge >= 0.3 is 0 Å². The molecule has 1 aliphatic rings. The van der Waals surface area contributed by atoms with Crippen molar-refractivity contribution < 1.29 is 9.53 Å². The van der Waals surface area contributed by atoms with Crippen LogP contribution in [0.15, 0.2) is 30.3 Å². The van der Waals surface area contributed by atoms with Crippen LogP contribution in [0.3, 0.4) is 0 Å². The van der Waals surface area contributed by atoms with Crippen LogP contribution < -0.4 is 16.0 Å². The zero-order valence-corrected chi connectivity index (χ0v) is 15.8. The Morgan fingerprint density at radius 1 is 1.29 bits per heavy atom. The van der Waals surface area contributed by atoms with Gasteiger partial charge in [-0.3, -0.25) is 4.79 Å². The predicted molar refractivity (Wildman–Crippen MR) is 103 cm³/mol. The quantitative estimate of drug-likeness (QED) is 0.714. The molecular weight excluding hydrogens is 349 g/mol. The highest BCUT2D eigenvalue weighted by molar-refractivity contribution is 5.85. The molecule has 0 radical (unpaired) electrons. The third-order valence-electron chi connectivity index (χ3n) is 4.24. The molecule has 24 heavy (non-hydrogen) atoms. The summed E-state index contributed by atoms with van der Waals surface area (Å²) in [5.74, 6) is 0.218. The van der Waals surface area contributed by atoms with E-state index >= 15 is 0 Å². The minimum Gasteiger partial charge on any atom is -0.381 e. The molecule has 2 rings (SSSR count). The number of carbonyl (C=O) groups excluding carboxylic acids is 1. The van der Waals surface area contributed by atoms with Gasteiger partial charge in [0.05, 0.1) is 6.04 Å². The van der Waals surface area contributed by atoms with Crippen molar-refractivity contribution in [2.75, 3.05) is 38.3 Å². The van der Waals surface area contributed by atoms with Crippen LogP contribution in [0.5, 0.6) is 0 Å². The molecule has 0 aromatic heterocycles. The van der Waals surface area contributed by atoms with Crippen molar-refractivity contribution in [3.05, 3.63) is 30.3 Å². The lowest BCUT2D eigenvalue weighted by molar-refractivity contribution is -0.124. The number of amides is 1. The van der Waals surface area contributed by atoms with Gasteiger partial charge in [0.15, 0.2) is 0 Å². The summed E-state index contributed by atoms with van der Waals surface area (Å²) in [7, 11) is 2.06.